The van der Waals surface area contributed by atoms with Crippen LogP contribution in [0.4, 0.5) is 0 Å². The first-order valence-electron chi connectivity index (χ1n) is 6.36. The molecule has 0 atom stereocenters. The quantitative estimate of drug-likeness (QED) is 0.930. The maximum atomic E-state index is 12.1. The van der Waals surface area contributed by atoms with Crippen molar-refractivity contribution in [3.8, 4) is 11.1 Å². The number of hydrogen-bond acceptors (Lipinski definition) is 3. The van der Waals surface area contributed by atoms with Crippen molar-refractivity contribution in [1.82, 2.24) is 9.78 Å². The van der Waals surface area contributed by atoms with Crippen molar-refractivity contribution in [2.75, 3.05) is 0 Å². The van der Waals surface area contributed by atoms with Crippen LogP contribution in [0.15, 0.2) is 29.2 Å². The first-order valence-corrected chi connectivity index (χ1v) is 6.36. The van der Waals surface area contributed by atoms with Crippen LogP contribution in [0.5, 0.6) is 0 Å². The first-order chi connectivity index (χ1) is 9.45. The Hall–Kier alpha value is -2.43. The summed E-state index contributed by atoms with van der Waals surface area (Å²) in [6.07, 6.45) is 1.44. The van der Waals surface area contributed by atoms with E-state index < -0.39 is 11.5 Å². The molecule has 5 heteroatoms. The summed E-state index contributed by atoms with van der Waals surface area (Å²) in [6, 6.07) is 5.58. The normalized spacial score (nSPS) is 10.6. The summed E-state index contributed by atoms with van der Waals surface area (Å²) in [5, 5.41) is 13.3. The lowest BCUT2D eigenvalue weighted by atomic mass is 9.99. The summed E-state index contributed by atoms with van der Waals surface area (Å²) < 4.78 is 1.15. The Kier molecular flexibility index (Phi) is 3.70. The average molecular weight is 272 g/mol. The number of aromatic carboxylic acids is 1. The van der Waals surface area contributed by atoms with Crippen LogP contribution in [-0.4, -0.2) is 20.9 Å². The van der Waals surface area contributed by atoms with Gasteiger partial charge in [-0.3, -0.25) is 4.79 Å². The summed E-state index contributed by atoms with van der Waals surface area (Å²) >= 11 is 0. The van der Waals surface area contributed by atoms with Crippen molar-refractivity contribution in [3.05, 3.63) is 51.4 Å². The lowest BCUT2D eigenvalue weighted by Crippen LogP contribution is -2.28. The fraction of sp³-hybridized carbons (Fsp3) is 0.267. The highest BCUT2D eigenvalue weighted by atomic mass is 16.4. The zero-order valence-electron chi connectivity index (χ0n) is 11.7. The van der Waals surface area contributed by atoms with Gasteiger partial charge in [0.25, 0.3) is 5.56 Å². The van der Waals surface area contributed by atoms with E-state index in [1.807, 2.05) is 32.0 Å². The highest BCUT2D eigenvalue weighted by Crippen LogP contribution is 2.23. The molecule has 0 aliphatic heterocycles. The Morgan fingerprint density at radius 1 is 1.30 bits per heavy atom. The molecule has 1 N–H and O–H groups in total. The molecule has 1 aromatic heterocycles. The van der Waals surface area contributed by atoms with Gasteiger partial charge >= 0.3 is 5.97 Å². The molecule has 0 aliphatic carbocycles. The smallest absolute Gasteiger partial charge is 0.342 e. The third-order valence-corrected chi connectivity index (χ3v) is 3.38. The second-order valence-electron chi connectivity index (χ2n) is 4.66. The van der Waals surface area contributed by atoms with E-state index in [0.29, 0.717) is 17.7 Å². The van der Waals surface area contributed by atoms with Crippen molar-refractivity contribution in [3.63, 3.8) is 0 Å². The average Bonchev–Trinajstić information content (AvgIpc) is 2.41. The highest BCUT2D eigenvalue weighted by Gasteiger charge is 2.19. The summed E-state index contributed by atoms with van der Waals surface area (Å²) in [7, 11) is 0. The molecule has 0 bridgehead atoms. The molecule has 1 aromatic carbocycles. The Labute approximate surface area is 116 Å². The molecular formula is C15H16N2O3. The Morgan fingerprint density at radius 2 is 2.00 bits per heavy atom. The Bertz CT molecular complexity index is 732. The van der Waals surface area contributed by atoms with Crippen molar-refractivity contribution < 1.29 is 9.90 Å². The number of hydrogen-bond donors (Lipinski definition) is 1. The molecule has 0 saturated heterocycles. The van der Waals surface area contributed by atoms with Gasteiger partial charge in [-0.2, -0.15) is 5.10 Å². The van der Waals surface area contributed by atoms with Crippen LogP contribution >= 0.6 is 0 Å². The van der Waals surface area contributed by atoms with E-state index in [-0.39, 0.29) is 5.56 Å². The van der Waals surface area contributed by atoms with E-state index in [1.54, 1.807) is 6.92 Å². The molecule has 0 aliphatic rings. The van der Waals surface area contributed by atoms with Gasteiger partial charge in [0, 0.05) is 12.1 Å². The van der Waals surface area contributed by atoms with Crippen LogP contribution in [0.25, 0.3) is 11.1 Å². The van der Waals surface area contributed by atoms with Gasteiger partial charge in [0.15, 0.2) is 0 Å². The number of aryl methyl sites for hydroxylation is 3. The molecule has 0 amide bonds. The molecular weight excluding hydrogens is 256 g/mol. The van der Waals surface area contributed by atoms with Gasteiger partial charge in [-0.15, -0.1) is 0 Å². The van der Waals surface area contributed by atoms with Crippen molar-refractivity contribution in [2.24, 2.45) is 0 Å². The van der Waals surface area contributed by atoms with Gasteiger partial charge in [-0.25, -0.2) is 9.48 Å². The number of carbonyl (C=O) groups is 1. The van der Waals surface area contributed by atoms with Gasteiger partial charge in [0.1, 0.15) is 5.56 Å². The molecule has 20 heavy (non-hydrogen) atoms. The van der Waals surface area contributed by atoms with E-state index in [9.17, 15) is 14.7 Å². The van der Waals surface area contributed by atoms with E-state index in [0.717, 1.165) is 15.8 Å². The number of carboxylic acids is 1. The maximum Gasteiger partial charge on any atom is 0.342 e. The first kappa shape index (κ1) is 14.0. The van der Waals surface area contributed by atoms with E-state index in [1.165, 1.54) is 6.20 Å². The second kappa shape index (κ2) is 5.28. The third-order valence-electron chi connectivity index (χ3n) is 3.38. The van der Waals surface area contributed by atoms with Crippen LogP contribution < -0.4 is 5.56 Å². The molecule has 0 radical (unpaired) electrons. The molecule has 0 spiro atoms. The zero-order chi connectivity index (χ0) is 14.9. The van der Waals surface area contributed by atoms with E-state index in [4.69, 9.17) is 0 Å². The monoisotopic (exact) mass is 272 g/mol. The predicted octanol–water partition coefficient (Wildman–Crippen LogP) is 2.25. The number of benzene rings is 1. The van der Waals surface area contributed by atoms with Crippen LogP contribution in [0.3, 0.4) is 0 Å². The molecule has 0 saturated carbocycles. The van der Waals surface area contributed by atoms with Gasteiger partial charge in [0.05, 0.1) is 6.20 Å². The fourth-order valence-corrected chi connectivity index (χ4v) is 2.05. The SMILES string of the molecule is CCn1ncc(-c2ccc(C)c(C)c2)c(C(=O)O)c1=O. The predicted molar refractivity (Wildman–Crippen MR) is 76.0 cm³/mol. The lowest BCUT2D eigenvalue weighted by Gasteiger charge is -2.10. The Morgan fingerprint density at radius 3 is 2.55 bits per heavy atom. The molecule has 5 nitrogen and oxygen atoms in total. The summed E-state index contributed by atoms with van der Waals surface area (Å²) in [6.45, 7) is 6.01. The Balaban J connectivity index is 2.74. The molecule has 2 aromatic rings. The number of nitrogens with zero attached hydrogens (tertiary/aromatic N) is 2. The maximum absolute atomic E-state index is 12.1. The molecule has 0 fully saturated rings. The van der Waals surface area contributed by atoms with Crippen molar-refractivity contribution >= 4 is 5.97 Å². The highest BCUT2D eigenvalue weighted by molar-refractivity contribution is 5.95. The zero-order valence-corrected chi connectivity index (χ0v) is 11.7. The minimum Gasteiger partial charge on any atom is -0.477 e. The van der Waals surface area contributed by atoms with E-state index >= 15 is 0 Å². The minimum absolute atomic E-state index is 0.231. The second-order valence-corrected chi connectivity index (χ2v) is 4.66. The number of rotatable bonds is 3. The van der Waals surface area contributed by atoms with Crippen LogP contribution in [-0.2, 0) is 6.54 Å². The number of aromatic nitrogens is 2. The largest absolute Gasteiger partial charge is 0.477 e. The summed E-state index contributed by atoms with van der Waals surface area (Å²) in [4.78, 5) is 23.5. The van der Waals surface area contributed by atoms with Crippen LogP contribution in [0.2, 0.25) is 0 Å². The van der Waals surface area contributed by atoms with Crippen LogP contribution in [0, 0.1) is 13.8 Å². The topological polar surface area (TPSA) is 72.2 Å². The van der Waals surface area contributed by atoms with Gasteiger partial charge < -0.3 is 5.11 Å². The summed E-state index contributed by atoms with van der Waals surface area (Å²) in [5.74, 6) is -1.23. The summed E-state index contributed by atoms with van der Waals surface area (Å²) in [5.41, 5.74) is 2.40. The minimum atomic E-state index is -1.23. The molecule has 1 heterocycles. The molecule has 0 unspecified atom stereocenters. The van der Waals surface area contributed by atoms with Gasteiger partial charge in [-0.05, 0) is 37.5 Å². The molecule has 104 valence electrons. The van der Waals surface area contributed by atoms with E-state index in [2.05, 4.69) is 5.10 Å². The van der Waals surface area contributed by atoms with Crippen LogP contribution in [0.1, 0.15) is 28.4 Å². The fourth-order valence-electron chi connectivity index (χ4n) is 2.05. The van der Waals surface area contributed by atoms with Crippen molar-refractivity contribution in [2.45, 2.75) is 27.3 Å². The third kappa shape index (κ3) is 2.34. The van der Waals surface area contributed by atoms with Crippen molar-refractivity contribution in [1.29, 1.82) is 0 Å². The standard InChI is InChI=1S/C15H16N2O3/c1-4-17-14(18)13(15(19)20)12(8-16-17)11-6-5-9(2)10(3)7-11/h5-8H,4H2,1-3H3,(H,19,20). The van der Waals surface area contributed by atoms with Gasteiger partial charge in [-0.1, -0.05) is 18.2 Å². The lowest BCUT2D eigenvalue weighted by molar-refractivity contribution is 0.0694. The number of carboxylic acid groups (broad SMARTS) is 1. The molecule has 2 rings (SSSR count). The van der Waals surface area contributed by atoms with Gasteiger partial charge in [0.2, 0.25) is 0 Å².